The first kappa shape index (κ1) is 25.6. The van der Waals surface area contributed by atoms with Crippen molar-refractivity contribution >= 4 is 37.3 Å². The topological polar surface area (TPSA) is 118 Å². The predicted molar refractivity (Wildman–Crippen MR) is 138 cm³/mol. The molecule has 1 heterocycles. The van der Waals surface area contributed by atoms with E-state index in [1.54, 1.807) is 31.2 Å². The highest BCUT2D eigenvalue weighted by Crippen LogP contribution is 2.42. The molecule has 0 saturated heterocycles. The number of carbonyl (C=O) groups excluding carboxylic acids is 1. The van der Waals surface area contributed by atoms with E-state index >= 15 is 0 Å². The van der Waals surface area contributed by atoms with Gasteiger partial charge in [-0.05, 0) is 17.7 Å². The third-order valence-electron chi connectivity index (χ3n) is 5.84. The van der Waals surface area contributed by atoms with Crippen molar-refractivity contribution in [1.29, 1.82) is 0 Å². The molecular formula is C26H26N2O6S2. The van der Waals surface area contributed by atoms with Gasteiger partial charge in [0.05, 0.1) is 41.7 Å². The zero-order valence-corrected chi connectivity index (χ0v) is 21.7. The van der Waals surface area contributed by atoms with E-state index in [1.807, 2.05) is 30.3 Å². The van der Waals surface area contributed by atoms with Crippen molar-refractivity contribution in [2.24, 2.45) is 5.73 Å². The number of carbonyl (C=O) groups is 1. The summed E-state index contributed by atoms with van der Waals surface area (Å²) < 4.78 is 42.6. The number of rotatable bonds is 10. The van der Waals surface area contributed by atoms with Gasteiger partial charge in [-0.25, -0.2) is 13.4 Å². The number of aromatic nitrogens is 1. The van der Waals surface area contributed by atoms with Gasteiger partial charge in [0, 0.05) is 17.7 Å². The molecule has 0 aliphatic rings. The van der Waals surface area contributed by atoms with Crippen molar-refractivity contribution in [2.45, 2.75) is 24.0 Å². The average molecular weight is 527 g/mol. The van der Waals surface area contributed by atoms with Crippen LogP contribution in [0.5, 0.6) is 11.5 Å². The molecule has 1 amide bonds. The lowest BCUT2D eigenvalue weighted by molar-refractivity contribution is -0.141. The van der Waals surface area contributed by atoms with Gasteiger partial charge in [-0.3, -0.25) is 4.79 Å². The Kier molecular flexibility index (Phi) is 7.30. The van der Waals surface area contributed by atoms with Crippen LogP contribution in [0.2, 0.25) is 0 Å². The van der Waals surface area contributed by atoms with Crippen molar-refractivity contribution in [3.63, 3.8) is 0 Å². The minimum absolute atomic E-state index is 0.0423. The van der Waals surface area contributed by atoms with Crippen LogP contribution in [0.1, 0.15) is 23.1 Å². The Hall–Kier alpha value is -3.47. The van der Waals surface area contributed by atoms with E-state index in [2.05, 4.69) is 0 Å². The van der Waals surface area contributed by atoms with Gasteiger partial charge in [-0.1, -0.05) is 49.4 Å². The van der Waals surface area contributed by atoms with E-state index in [0.29, 0.717) is 27.6 Å². The molecule has 36 heavy (non-hydrogen) atoms. The summed E-state index contributed by atoms with van der Waals surface area (Å²) in [6.45, 7) is 1.64. The van der Waals surface area contributed by atoms with Gasteiger partial charge in [0.1, 0.15) is 5.01 Å². The van der Waals surface area contributed by atoms with Crippen LogP contribution in [-0.4, -0.2) is 39.3 Å². The smallest absolute Gasteiger partial charge is 0.261 e. The van der Waals surface area contributed by atoms with Crippen LogP contribution in [0, 0.1) is 0 Å². The Bertz CT molecular complexity index is 1440. The fourth-order valence-electron chi connectivity index (χ4n) is 3.82. The number of primary amides is 1. The van der Waals surface area contributed by atoms with E-state index in [1.165, 1.54) is 37.7 Å². The maximum atomic E-state index is 13.2. The minimum atomic E-state index is -3.43. The lowest BCUT2D eigenvalue weighted by atomic mass is 9.93. The molecule has 0 spiro atoms. The summed E-state index contributed by atoms with van der Waals surface area (Å²) in [6.07, 6.45) is 0. The van der Waals surface area contributed by atoms with Gasteiger partial charge >= 0.3 is 0 Å². The Morgan fingerprint density at radius 2 is 1.64 bits per heavy atom. The Balaban J connectivity index is 1.90. The van der Waals surface area contributed by atoms with E-state index in [0.717, 1.165) is 10.3 Å². The van der Waals surface area contributed by atoms with Crippen LogP contribution in [0.3, 0.4) is 0 Å². The normalized spacial score (nSPS) is 13.3. The number of amides is 1. The van der Waals surface area contributed by atoms with Gasteiger partial charge in [-0.2, -0.15) is 0 Å². The van der Waals surface area contributed by atoms with E-state index < -0.39 is 21.3 Å². The van der Waals surface area contributed by atoms with Gasteiger partial charge in [0.2, 0.25) is 5.60 Å². The van der Waals surface area contributed by atoms with Crippen LogP contribution in [0.15, 0.2) is 71.6 Å². The lowest BCUT2D eigenvalue weighted by Crippen LogP contribution is -2.44. The third kappa shape index (κ3) is 4.67. The number of methoxy groups -OCH3 is 2. The zero-order valence-electron chi connectivity index (χ0n) is 20.1. The summed E-state index contributed by atoms with van der Waals surface area (Å²) >= 11 is 1.23. The van der Waals surface area contributed by atoms with Crippen molar-refractivity contribution < 1.29 is 27.4 Å². The largest absolute Gasteiger partial charge is 0.493 e. The van der Waals surface area contributed by atoms with Crippen LogP contribution in [0.4, 0.5) is 0 Å². The number of fused-ring (bicyclic) bond motifs is 1. The standard InChI is InChI=1S/C26H26N2O6S2/c1-4-36(30,31)19-12-10-18(11-13-19)26(24(27)29,34-16-17-8-6-5-7-9-17)25-28-20-14-21(32-2)22(33-3)15-23(20)35-25/h5-15H,4,16H2,1-3H3,(H2,27,29). The fraction of sp³-hybridized carbons (Fsp3) is 0.231. The zero-order chi connectivity index (χ0) is 25.9. The molecule has 0 fully saturated rings. The molecule has 2 N–H and O–H groups in total. The monoisotopic (exact) mass is 526 g/mol. The molecule has 8 nitrogen and oxygen atoms in total. The first-order valence-corrected chi connectivity index (χ1v) is 13.6. The SMILES string of the molecule is CCS(=O)(=O)c1ccc(C(OCc2ccccc2)(C(N)=O)c2nc3cc(OC)c(OC)cc3s2)cc1. The second-order valence-electron chi connectivity index (χ2n) is 7.94. The fourth-order valence-corrected chi connectivity index (χ4v) is 5.86. The molecule has 4 rings (SSSR count). The summed E-state index contributed by atoms with van der Waals surface area (Å²) in [5, 5.41) is 0.308. The van der Waals surface area contributed by atoms with Crippen LogP contribution in [0.25, 0.3) is 10.2 Å². The molecule has 1 aromatic heterocycles. The Morgan fingerprint density at radius 3 is 2.22 bits per heavy atom. The number of benzene rings is 3. The van der Waals surface area contributed by atoms with E-state index in [-0.39, 0.29) is 17.3 Å². The molecule has 0 radical (unpaired) electrons. The molecule has 0 aliphatic carbocycles. The van der Waals surface area contributed by atoms with Crippen LogP contribution >= 0.6 is 11.3 Å². The molecule has 188 valence electrons. The predicted octanol–water partition coefficient (Wildman–Crippen LogP) is 4.05. The van der Waals surface area contributed by atoms with Crippen molar-refractivity contribution in [1.82, 2.24) is 4.98 Å². The number of nitrogens with zero attached hydrogens (tertiary/aromatic N) is 1. The molecule has 1 unspecified atom stereocenters. The molecular weight excluding hydrogens is 500 g/mol. The van der Waals surface area contributed by atoms with Crippen molar-refractivity contribution in [2.75, 3.05) is 20.0 Å². The molecule has 0 aliphatic heterocycles. The van der Waals surface area contributed by atoms with Gasteiger partial charge < -0.3 is 19.9 Å². The van der Waals surface area contributed by atoms with Crippen LogP contribution < -0.4 is 15.2 Å². The maximum absolute atomic E-state index is 13.2. The second-order valence-corrected chi connectivity index (χ2v) is 11.3. The van der Waals surface area contributed by atoms with Crippen molar-refractivity contribution in [3.05, 3.63) is 82.9 Å². The second kappa shape index (κ2) is 10.3. The Morgan fingerprint density at radius 1 is 1.00 bits per heavy atom. The molecule has 3 aromatic carbocycles. The summed E-state index contributed by atoms with van der Waals surface area (Å²) in [5.74, 6) is 0.192. The Labute approximate surface area is 213 Å². The molecule has 1 atom stereocenters. The number of thiazole rings is 1. The summed E-state index contributed by atoms with van der Waals surface area (Å²) in [6, 6.07) is 18.9. The van der Waals surface area contributed by atoms with Gasteiger partial charge in [0.25, 0.3) is 5.91 Å². The van der Waals surface area contributed by atoms with Gasteiger partial charge in [-0.15, -0.1) is 11.3 Å². The number of ether oxygens (including phenoxy) is 3. The first-order chi connectivity index (χ1) is 17.2. The third-order valence-corrected chi connectivity index (χ3v) is 8.71. The van der Waals surface area contributed by atoms with Crippen LogP contribution in [-0.2, 0) is 31.6 Å². The summed E-state index contributed by atoms with van der Waals surface area (Å²) in [5.41, 5.74) is 6.03. The maximum Gasteiger partial charge on any atom is 0.261 e. The van der Waals surface area contributed by atoms with Gasteiger partial charge in [0.15, 0.2) is 21.3 Å². The molecule has 4 aromatic rings. The molecule has 0 saturated carbocycles. The highest BCUT2D eigenvalue weighted by Gasteiger charge is 2.45. The minimum Gasteiger partial charge on any atom is -0.493 e. The lowest BCUT2D eigenvalue weighted by Gasteiger charge is -2.29. The quantitative estimate of drug-likeness (QED) is 0.331. The average Bonchev–Trinajstić information content (AvgIpc) is 3.32. The molecule has 10 heteroatoms. The first-order valence-electron chi connectivity index (χ1n) is 11.1. The number of sulfone groups is 1. The molecule has 0 bridgehead atoms. The number of nitrogens with two attached hydrogens (primary N) is 1. The van der Waals surface area contributed by atoms with E-state index in [4.69, 9.17) is 24.9 Å². The summed E-state index contributed by atoms with van der Waals surface area (Å²) in [7, 11) is -0.371. The van der Waals surface area contributed by atoms with E-state index in [9.17, 15) is 13.2 Å². The number of hydrogen-bond acceptors (Lipinski definition) is 8. The summed E-state index contributed by atoms with van der Waals surface area (Å²) in [4.78, 5) is 18.1. The highest BCUT2D eigenvalue weighted by molar-refractivity contribution is 7.91. The highest BCUT2D eigenvalue weighted by atomic mass is 32.2. The van der Waals surface area contributed by atoms with Crippen molar-refractivity contribution in [3.8, 4) is 11.5 Å². The number of hydrogen-bond donors (Lipinski definition) is 1.